The highest BCUT2D eigenvalue weighted by Crippen LogP contribution is 2.31. The molecular formula is C24H26N2O2. The van der Waals surface area contributed by atoms with Gasteiger partial charge in [0.05, 0.1) is 5.69 Å². The van der Waals surface area contributed by atoms with Crippen LogP contribution in [0.3, 0.4) is 0 Å². The second kappa shape index (κ2) is 7.87. The molecule has 0 aliphatic rings. The zero-order chi connectivity index (χ0) is 20.3. The fraction of sp³-hybridized carbons (Fsp3) is 0.208. The van der Waals surface area contributed by atoms with E-state index in [2.05, 4.69) is 10.9 Å². The molecular weight excluding hydrogens is 348 g/mol. The number of hydrogen-bond acceptors (Lipinski definition) is 3. The Morgan fingerprint density at radius 3 is 1.68 bits per heavy atom. The minimum atomic E-state index is -1.81. The Bertz CT molecular complexity index is 931. The Kier molecular flexibility index (Phi) is 5.52. The second-order valence-corrected chi connectivity index (χ2v) is 7.34. The van der Waals surface area contributed by atoms with E-state index in [-0.39, 0.29) is 0 Å². The van der Waals surface area contributed by atoms with Crippen molar-refractivity contribution in [1.82, 2.24) is 5.43 Å². The van der Waals surface area contributed by atoms with Crippen molar-refractivity contribution >= 4 is 11.6 Å². The average molecular weight is 374 g/mol. The van der Waals surface area contributed by atoms with E-state index in [0.717, 1.165) is 27.9 Å². The lowest BCUT2D eigenvalue weighted by Crippen LogP contribution is -2.47. The molecule has 3 aromatic rings. The van der Waals surface area contributed by atoms with Crippen molar-refractivity contribution in [2.75, 3.05) is 5.43 Å². The molecule has 0 aliphatic carbocycles. The van der Waals surface area contributed by atoms with Gasteiger partial charge >= 0.3 is 0 Å². The summed E-state index contributed by atoms with van der Waals surface area (Å²) in [6.45, 7) is 7.92. The smallest absolute Gasteiger partial charge is 0.279 e. The van der Waals surface area contributed by atoms with Gasteiger partial charge in [0.2, 0.25) is 0 Å². The van der Waals surface area contributed by atoms with Crippen LogP contribution < -0.4 is 10.9 Å². The Labute approximate surface area is 166 Å². The van der Waals surface area contributed by atoms with Gasteiger partial charge in [-0.3, -0.25) is 15.6 Å². The van der Waals surface area contributed by atoms with Crippen LogP contribution in [-0.2, 0) is 10.4 Å². The SMILES string of the molecule is Cc1ccc(C(O)(C(=O)NNc2ccc(C)cc2C)c2ccc(C)cc2)cc1. The van der Waals surface area contributed by atoms with Gasteiger partial charge in [-0.2, -0.15) is 0 Å². The first-order chi connectivity index (χ1) is 13.3. The summed E-state index contributed by atoms with van der Waals surface area (Å²) >= 11 is 0. The van der Waals surface area contributed by atoms with E-state index < -0.39 is 11.5 Å². The summed E-state index contributed by atoms with van der Waals surface area (Å²) in [7, 11) is 0. The molecule has 0 aliphatic heterocycles. The number of carbonyl (C=O) groups excluding carboxylic acids is 1. The highest BCUT2D eigenvalue weighted by atomic mass is 16.3. The molecule has 3 aromatic carbocycles. The molecule has 0 bridgehead atoms. The number of anilines is 1. The number of carbonyl (C=O) groups is 1. The van der Waals surface area contributed by atoms with Crippen molar-refractivity contribution in [3.8, 4) is 0 Å². The number of aryl methyl sites for hydroxylation is 4. The number of benzene rings is 3. The van der Waals surface area contributed by atoms with E-state index in [0.29, 0.717) is 11.1 Å². The predicted molar refractivity (Wildman–Crippen MR) is 113 cm³/mol. The minimum Gasteiger partial charge on any atom is -0.372 e. The molecule has 0 saturated heterocycles. The van der Waals surface area contributed by atoms with E-state index in [9.17, 15) is 9.90 Å². The molecule has 0 radical (unpaired) electrons. The summed E-state index contributed by atoms with van der Waals surface area (Å²) in [5.74, 6) is -0.541. The van der Waals surface area contributed by atoms with Crippen molar-refractivity contribution in [1.29, 1.82) is 0 Å². The van der Waals surface area contributed by atoms with Crippen LogP contribution in [0.5, 0.6) is 0 Å². The maximum atomic E-state index is 13.2. The lowest BCUT2D eigenvalue weighted by Gasteiger charge is -2.28. The van der Waals surface area contributed by atoms with E-state index in [1.165, 1.54) is 0 Å². The summed E-state index contributed by atoms with van der Waals surface area (Å²) in [5.41, 5.74) is 9.91. The van der Waals surface area contributed by atoms with E-state index in [1.807, 2.05) is 70.2 Å². The summed E-state index contributed by atoms with van der Waals surface area (Å²) in [4.78, 5) is 13.2. The predicted octanol–water partition coefficient (Wildman–Crippen LogP) is 4.30. The number of amides is 1. The molecule has 0 heterocycles. The zero-order valence-corrected chi connectivity index (χ0v) is 16.7. The fourth-order valence-electron chi connectivity index (χ4n) is 3.19. The molecule has 3 N–H and O–H groups in total. The Morgan fingerprint density at radius 1 is 0.750 bits per heavy atom. The van der Waals surface area contributed by atoms with Crippen LogP contribution in [0.2, 0.25) is 0 Å². The first-order valence-corrected chi connectivity index (χ1v) is 9.31. The highest BCUT2D eigenvalue weighted by molar-refractivity contribution is 5.91. The van der Waals surface area contributed by atoms with Gasteiger partial charge in [0.1, 0.15) is 0 Å². The lowest BCUT2D eigenvalue weighted by molar-refractivity contribution is -0.136. The van der Waals surface area contributed by atoms with Gasteiger partial charge < -0.3 is 5.11 Å². The molecule has 3 rings (SSSR count). The van der Waals surface area contributed by atoms with Crippen LogP contribution in [0.4, 0.5) is 5.69 Å². The molecule has 28 heavy (non-hydrogen) atoms. The second-order valence-electron chi connectivity index (χ2n) is 7.34. The highest BCUT2D eigenvalue weighted by Gasteiger charge is 2.40. The molecule has 0 unspecified atom stereocenters. The number of hydrazine groups is 1. The summed E-state index contributed by atoms with van der Waals surface area (Å²) in [5, 5.41) is 11.5. The van der Waals surface area contributed by atoms with Crippen molar-refractivity contribution < 1.29 is 9.90 Å². The van der Waals surface area contributed by atoms with Gasteiger partial charge in [0.15, 0.2) is 5.60 Å². The van der Waals surface area contributed by atoms with Crippen LogP contribution in [0, 0.1) is 27.7 Å². The third-order valence-corrected chi connectivity index (χ3v) is 4.96. The minimum absolute atomic E-state index is 0.516. The normalized spacial score (nSPS) is 11.2. The molecule has 1 amide bonds. The Hall–Kier alpha value is -3.11. The van der Waals surface area contributed by atoms with Crippen LogP contribution in [0.25, 0.3) is 0 Å². The van der Waals surface area contributed by atoms with Crippen LogP contribution in [-0.4, -0.2) is 11.0 Å². The van der Waals surface area contributed by atoms with Crippen LogP contribution >= 0.6 is 0 Å². The van der Waals surface area contributed by atoms with Crippen molar-refractivity contribution in [2.45, 2.75) is 33.3 Å². The van der Waals surface area contributed by atoms with E-state index >= 15 is 0 Å². The third kappa shape index (κ3) is 3.92. The largest absolute Gasteiger partial charge is 0.372 e. The summed E-state index contributed by atoms with van der Waals surface area (Å²) < 4.78 is 0. The molecule has 4 nitrogen and oxygen atoms in total. The monoisotopic (exact) mass is 374 g/mol. The Balaban J connectivity index is 1.94. The first-order valence-electron chi connectivity index (χ1n) is 9.31. The van der Waals surface area contributed by atoms with Crippen molar-refractivity contribution in [2.24, 2.45) is 0 Å². The number of nitrogens with one attached hydrogen (secondary N) is 2. The van der Waals surface area contributed by atoms with Gasteiger partial charge in [-0.05, 0) is 50.5 Å². The number of aliphatic hydroxyl groups is 1. The third-order valence-electron chi connectivity index (χ3n) is 4.96. The van der Waals surface area contributed by atoms with Gasteiger partial charge in [-0.1, -0.05) is 77.4 Å². The zero-order valence-electron chi connectivity index (χ0n) is 16.7. The average Bonchev–Trinajstić information content (AvgIpc) is 2.67. The van der Waals surface area contributed by atoms with Crippen molar-refractivity contribution in [3.63, 3.8) is 0 Å². The fourth-order valence-corrected chi connectivity index (χ4v) is 3.19. The van der Waals surface area contributed by atoms with Gasteiger partial charge in [0, 0.05) is 0 Å². The van der Waals surface area contributed by atoms with Gasteiger partial charge in [-0.15, -0.1) is 0 Å². The van der Waals surface area contributed by atoms with Gasteiger partial charge in [0.25, 0.3) is 5.91 Å². The standard InChI is InChI=1S/C24H26N2O2/c1-16-5-10-20(11-6-16)24(28,21-12-7-17(2)8-13-21)23(27)26-25-22-14-9-18(3)15-19(22)4/h5-15,25,28H,1-4H3,(H,26,27). The number of rotatable bonds is 5. The van der Waals surface area contributed by atoms with Crippen LogP contribution in [0.15, 0.2) is 66.7 Å². The quantitative estimate of drug-likeness (QED) is 0.584. The van der Waals surface area contributed by atoms with Crippen LogP contribution in [0.1, 0.15) is 33.4 Å². The van der Waals surface area contributed by atoms with Crippen molar-refractivity contribution in [3.05, 3.63) is 100 Å². The maximum Gasteiger partial charge on any atom is 0.279 e. The summed E-state index contributed by atoms with van der Waals surface area (Å²) in [6, 6.07) is 20.6. The lowest BCUT2D eigenvalue weighted by atomic mass is 9.85. The van der Waals surface area contributed by atoms with E-state index in [1.54, 1.807) is 24.3 Å². The molecule has 0 spiro atoms. The maximum absolute atomic E-state index is 13.2. The Morgan fingerprint density at radius 2 is 1.21 bits per heavy atom. The molecule has 0 aromatic heterocycles. The molecule has 4 heteroatoms. The molecule has 0 fully saturated rings. The number of hydrogen-bond donors (Lipinski definition) is 3. The van der Waals surface area contributed by atoms with Gasteiger partial charge in [-0.25, -0.2) is 0 Å². The first kappa shape index (κ1) is 19.6. The summed E-state index contributed by atoms with van der Waals surface area (Å²) in [6.07, 6.45) is 0. The topological polar surface area (TPSA) is 61.4 Å². The molecule has 0 saturated carbocycles. The molecule has 0 atom stereocenters. The van der Waals surface area contributed by atoms with E-state index in [4.69, 9.17) is 0 Å². The molecule has 144 valence electrons.